The van der Waals surface area contributed by atoms with Crippen LogP contribution >= 0.6 is 27.3 Å². The summed E-state index contributed by atoms with van der Waals surface area (Å²) in [7, 11) is 0. The fourth-order valence-electron chi connectivity index (χ4n) is 1.83. The van der Waals surface area contributed by atoms with E-state index < -0.39 is 0 Å². The molecule has 1 N–H and O–H groups in total. The molecule has 16 heavy (non-hydrogen) atoms. The van der Waals surface area contributed by atoms with E-state index in [-0.39, 0.29) is 5.91 Å². The van der Waals surface area contributed by atoms with Gasteiger partial charge in [0.25, 0.3) is 5.91 Å². The molecule has 1 aliphatic carbocycles. The maximum absolute atomic E-state index is 11.8. The van der Waals surface area contributed by atoms with E-state index in [1.807, 2.05) is 13.0 Å². The van der Waals surface area contributed by atoms with Gasteiger partial charge in [0, 0.05) is 6.54 Å². The molecule has 1 heterocycles. The maximum Gasteiger partial charge on any atom is 0.261 e. The largest absolute Gasteiger partial charge is 0.351 e. The van der Waals surface area contributed by atoms with E-state index in [9.17, 15) is 4.79 Å². The number of nitrogens with one attached hydrogen (secondary N) is 1. The monoisotopic (exact) mass is 301 g/mol. The third-order valence-corrected chi connectivity index (χ3v) is 5.28. The summed E-state index contributed by atoms with van der Waals surface area (Å²) in [5.74, 6) is 0.926. The van der Waals surface area contributed by atoms with E-state index in [1.54, 1.807) is 0 Å². The van der Waals surface area contributed by atoms with Gasteiger partial charge >= 0.3 is 0 Å². The van der Waals surface area contributed by atoms with Crippen molar-refractivity contribution < 1.29 is 4.79 Å². The molecule has 0 aromatic carbocycles. The minimum absolute atomic E-state index is 0.0677. The Balaban J connectivity index is 1.78. The normalized spacial score (nSPS) is 15.9. The Bertz CT molecular complexity index is 365. The second-order valence-corrected chi connectivity index (χ2v) is 6.78. The number of rotatable bonds is 4. The number of hydrogen-bond donors (Lipinski definition) is 1. The average molecular weight is 302 g/mol. The molecule has 1 saturated carbocycles. The summed E-state index contributed by atoms with van der Waals surface area (Å²) in [5, 5.41) is 2.99. The van der Waals surface area contributed by atoms with Gasteiger partial charge in [0.15, 0.2) is 0 Å². The number of carbonyl (C=O) groups excluding carboxylic acids is 1. The van der Waals surface area contributed by atoms with E-state index in [0.717, 1.165) is 33.1 Å². The van der Waals surface area contributed by atoms with Crippen LogP contribution < -0.4 is 5.32 Å². The van der Waals surface area contributed by atoms with Gasteiger partial charge in [0.2, 0.25) is 0 Å². The molecule has 0 bridgehead atoms. The van der Waals surface area contributed by atoms with Crippen LogP contribution in [0.4, 0.5) is 0 Å². The molecule has 1 aromatic heterocycles. The summed E-state index contributed by atoms with van der Waals surface area (Å²) in [5.41, 5.74) is 1.13. The zero-order valence-electron chi connectivity index (χ0n) is 9.38. The molecule has 1 fully saturated rings. The lowest BCUT2D eigenvalue weighted by Crippen LogP contribution is -2.26. The van der Waals surface area contributed by atoms with Crippen molar-refractivity contribution in [2.24, 2.45) is 5.92 Å². The second kappa shape index (κ2) is 5.32. The van der Waals surface area contributed by atoms with Crippen LogP contribution in [0.5, 0.6) is 0 Å². The first kappa shape index (κ1) is 12.1. The van der Waals surface area contributed by atoms with Gasteiger partial charge in [0.05, 0.1) is 8.66 Å². The Kier molecular flexibility index (Phi) is 4.03. The zero-order chi connectivity index (χ0) is 11.5. The van der Waals surface area contributed by atoms with Gasteiger partial charge < -0.3 is 5.32 Å². The van der Waals surface area contributed by atoms with Crippen molar-refractivity contribution in [3.05, 3.63) is 20.3 Å². The smallest absolute Gasteiger partial charge is 0.261 e. The van der Waals surface area contributed by atoms with Gasteiger partial charge in [0.1, 0.15) is 0 Å². The standard InChI is InChI=1S/C12H16BrNOS/c1-8-7-10(16-11(8)13)12(15)14-6-5-9-3-2-4-9/h7,9H,2-6H2,1H3,(H,14,15). The van der Waals surface area contributed by atoms with Crippen molar-refractivity contribution in [3.63, 3.8) is 0 Å². The quantitative estimate of drug-likeness (QED) is 0.902. The predicted molar refractivity (Wildman–Crippen MR) is 71.0 cm³/mol. The summed E-state index contributed by atoms with van der Waals surface area (Å²) in [6.45, 7) is 2.82. The number of carbonyl (C=O) groups is 1. The van der Waals surface area contributed by atoms with Crippen LogP contribution in [0.2, 0.25) is 0 Å². The van der Waals surface area contributed by atoms with Gasteiger partial charge in [-0.1, -0.05) is 19.3 Å². The number of halogens is 1. The highest BCUT2D eigenvalue weighted by atomic mass is 79.9. The van der Waals surface area contributed by atoms with Crippen molar-refractivity contribution in [2.45, 2.75) is 32.6 Å². The van der Waals surface area contributed by atoms with Crippen LogP contribution in [0.1, 0.15) is 40.9 Å². The number of hydrogen-bond acceptors (Lipinski definition) is 2. The average Bonchev–Trinajstić information content (AvgIpc) is 2.51. The summed E-state index contributed by atoms with van der Waals surface area (Å²) in [6.07, 6.45) is 5.20. The molecule has 0 atom stereocenters. The highest BCUT2D eigenvalue weighted by Gasteiger charge is 2.17. The fourth-order valence-corrected chi connectivity index (χ4v) is 3.28. The first-order valence-electron chi connectivity index (χ1n) is 5.71. The molecule has 2 nitrogen and oxygen atoms in total. The van der Waals surface area contributed by atoms with Crippen molar-refractivity contribution in [3.8, 4) is 0 Å². The molecule has 1 amide bonds. The highest BCUT2D eigenvalue weighted by Crippen LogP contribution is 2.29. The van der Waals surface area contributed by atoms with Crippen molar-refractivity contribution >= 4 is 33.2 Å². The van der Waals surface area contributed by atoms with Crippen molar-refractivity contribution in [1.29, 1.82) is 0 Å². The summed E-state index contributed by atoms with van der Waals surface area (Å²) in [6, 6.07) is 1.94. The number of thiophene rings is 1. The maximum atomic E-state index is 11.8. The first-order chi connectivity index (χ1) is 7.66. The molecule has 0 spiro atoms. The molecular formula is C12H16BrNOS. The Labute approximate surface area is 109 Å². The molecule has 0 radical (unpaired) electrons. The van der Waals surface area contributed by atoms with Crippen LogP contribution in [0, 0.1) is 12.8 Å². The molecule has 0 aliphatic heterocycles. The summed E-state index contributed by atoms with van der Waals surface area (Å²) in [4.78, 5) is 12.6. The minimum atomic E-state index is 0.0677. The Morgan fingerprint density at radius 3 is 2.88 bits per heavy atom. The third-order valence-electron chi connectivity index (χ3n) is 3.14. The van der Waals surface area contributed by atoms with Crippen LogP contribution in [0.15, 0.2) is 9.85 Å². The Hall–Kier alpha value is -0.350. The lowest BCUT2D eigenvalue weighted by molar-refractivity contribution is 0.0953. The minimum Gasteiger partial charge on any atom is -0.351 e. The highest BCUT2D eigenvalue weighted by molar-refractivity contribution is 9.11. The second-order valence-electron chi connectivity index (χ2n) is 4.41. The third kappa shape index (κ3) is 2.86. The van der Waals surface area contributed by atoms with E-state index in [4.69, 9.17) is 0 Å². The van der Waals surface area contributed by atoms with Gasteiger partial charge in [-0.2, -0.15) is 0 Å². The fraction of sp³-hybridized carbons (Fsp3) is 0.583. The molecule has 0 saturated heterocycles. The van der Waals surface area contributed by atoms with Gasteiger partial charge in [-0.05, 0) is 46.8 Å². The SMILES string of the molecule is Cc1cc(C(=O)NCCC2CCC2)sc1Br. The van der Waals surface area contributed by atoms with E-state index in [0.29, 0.717) is 0 Å². The first-order valence-corrected chi connectivity index (χ1v) is 7.32. The Morgan fingerprint density at radius 1 is 1.62 bits per heavy atom. The van der Waals surface area contributed by atoms with E-state index in [2.05, 4.69) is 21.2 Å². The van der Waals surface area contributed by atoms with Crippen LogP contribution in [-0.4, -0.2) is 12.5 Å². The van der Waals surface area contributed by atoms with Crippen LogP contribution in [0.3, 0.4) is 0 Å². The van der Waals surface area contributed by atoms with Crippen molar-refractivity contribution in [1.82, 2.24) is 5.32 Å². The summed E-state index contributed by atoms with van der Waals surface area (Å²) >= 11 is 4.94. The molecule has 1 aromatic rings. The van der Waals surface area contributed by atoms with Crippen LogP contribution in [-0.2, 0) is 0 Å². The molecule has 4 heteroatoms. The molecular weight excluding hydrogens is 286 g/mol. The predicted octanol–water partition coefficient (Wildman–Crippen LogP) is 3.74. The number of aryl methyl sites for hydroxylation is 1. The van der Waals surface area contributed by atoms with Gasteiger partial charge in [-0.25, -0.2) is 0 Å². The topological polar surface area (TPSA) is 29.1 Å². The Morgan fingerprint density at radius 2 is 2.38 bits per heavy atom. The van der Waals surface area contributed by atoms with Gasteiger partial charge in [-0.15, -0.1) is 11.3 Å². The van der Waals surface area contributed by atoms with Gasteiger partial charge in [-0.3, -0.25) is 4.79 Å². The van der Waals surface area contributed by atoms with E-state index >= 15 is 0 Å². The molecule has 88 valence electrons. The number of amides is 1. The zero-order valence-corrected chi connectivity index (χ0v) is 11.8. The summed E-state index contributed by atoms with van der Waals surface area (Å²) < 4.78 is 1.05. The lowest BCUT2D eigenvalue weighted by Gasteiger charge is -2.25. The van der Waals surface area contributed by atoms with E-state index in [1.165, 1.54) is 30.6 Å². The van der Waals surface area contributed by atoms with Crippen molar-refractivity contribution in [2.75, 3.05) is 6.54 Å². The van der Waals surface area contributed by atoms with Crippen LogP contribution in [0.25, 0.3) is 0 Å². The molecule has 1 aliphatic rings. The molecule has 2 rings (SSSR count). The molecule has 0 unspecified atom stereocenters. The lowest BCUT2D eigenvalue weighted by atomic mass is 9.83.